The third kappa shape index (κ3) is 4.23. The largest absolute Gasteiger partial charge is 0.437 e. The number of benzene rings is 1. The number of aromatic amines is 1. The summed E-state index contributed by atoms with van der Waals surface area (Å²) in [5.41, 5.74) is 0.397. The van der Waals surface area contributed by atoms with E-state index in [0.717, 1.165) is 10.3 Å². The quantitative estimate of drug-likeness (QED) is 0.466. The van der Waals surface area contributed by atoms with Gasteiger partial charge in [-0.05, 0) is 24.4 Å². The lowest BCUT2D eigenvalue weighted by Crippen LogP contribution is -2.38. The number of rotatable bonds is 7. The van der Waals surface area contributed by atoms with E-state index in [1.54, 1.807) is 19.1 Å². The van der Waals surface area contributed by atoms with E-state index in [-0.39, 0.29) is 36.4 Å². The van der Waals surface area contributed by atoms with Gasteiger partial charge in [-0.15, -0.1) is 16.4 Å². The van der Waals surface area contributed by atoms with Crippen LogP contribution in [0.3, 0.4) is 0 Å². The summed E-state index contributed by atoms with van der Waals surface area (Å²) in [7, 11) is 0. The molecule has 9 nitrogen and oxygen atoms in total. The summed E-state index contributed by atoms with van der Waals surface area (Å²) in [6, 6.07) is 10.5. The molecule has 1 amide bonds. The zero-order valence-electron chi connectivity index (χ0n) is 16.1. The molecule has 4 aromatic rings. The van der Waals surface area contributed by atoms with Gasteiger partial charge in [-0.2, -0.15) is 9.78 Å². The Hall–Kier alpha value is -3.53. The highest BCUT2D eigenvalue weighted by Gasteiger charge is 2.15. The number of nitrogens with one attached hydrogen (secondary N) is 2. The third-order valence-corrected chi connectivity index (χ3v) is 5.41. The minimum absolute atomic E-state index is 0.186. The number of fused-ring (bicyclic) bond motifs is 1. The van der Waals surface area contributed by atoms with Crippen LogP contribution in [0.2, 0.25) is 0 Å². The van der Waals surface area contributed by atoms with Gasteiger partial charge >= 0.3 is 5.76 Å². The van der Waals surface area contributed by atoms with Gasteiger partial charge in [-0.1, -0.05) is 24.3 Å². The van der Waals surface area contributed by atoms with Gasteiger partial charge in [0.25, 0.3) is 11.4 Å². The average Bonchev–Trinajstić information content (AvgIpc) is 3.38. The van der Waals surface area contributed by atoms with E-state index < -0.39 is 5.76 Å². The molecule has 10 heteroatoms. The maximum Gasteiger partial charge on any atom is 0.437 e. The first-order chi connectivity index (χ1) is 14.5. The normalized spacial score (nSPS) is 12.2. The molecule has 3 heterocycles. The van der Waals surface area contributed by atoms with Gasteiger partial charge in [0.2, 0.25) is 5.91 Å². The molecule has 4 rings (SSSR count). The number of amides is 1. The van der Waals surface area contributed by atoms with Crippen molar-refractivity contribution in [2.24, 2.45) is 0 Å². The zero-order valence-corrected chi connectivity index (χ0v) is 16.9. The second-order valence-electron chi connectivity index (χ2n) is 6.85. The van der Waals surface area contributed by atoms with Gasteiger partial charge in [0, 0.05) is 24.3 Å². The lowest BCUT2D eigenvalue weighted by Gasteiger charge is -2.13. The lowest BCUT2D eigenvalue weighted by molar-refractivity contribution is -0.121. The first kappa shape index (κ1) is 19.8. The Labute approximate surface area is 174 Å². The molecule has 154 valence electrons. The fourth-order valence-electron chi connectivity index (χ4n) is 3.17. The summed E-state index contributed by atoms with van der Waals surface area (Å²) in [5, 5.41) is 16.7. The fraction of sp³-hybridized carbons (Fsp3) is 0.250. The molecule has 3 aromatic heterocycles. The molecule has 2 N–H and O–H groups in total. The first-order valence-electron chi connectivity index (χ1n) is 9.39. The van der Waals surface area contributed by atoms with Crippen molar-refractivity contribution in [1.29, 1.82) is 0 Å². The molecule has 0 spiro atoms. The van der Waals surface area contributed by atoms with Crippen molar-refractivity contribution in [2.45, 2.75) is 32.4 Å². The highest BCUT2D eigenvalue weighted by Crippen LogP contribution is 2.21. The number of H-pyrrole nitrogens is 1. The average molecular weight is 425 g/mol. The highest BCUT2D eigenvalue weighted by molar-refractivity contribution is 7.13. The van der Waals surface area contributed by atoms with Gasteiger partial charge in [0.15, 0.2) is 0 Å². The van der Waals surface area contributed by atoms with Gasteiger partial charge < -0.3 is 9.73 Å². The number of aromatic nitrogens is 4. The molecule has 0 fully saturated rings. The van der Waals surface area contributed by atoms with E-state index in [4.69, 9.17) is 4.42 Å². The van der Waals surface area contributed by atoms with E-state index in [1.807, 2.05) is 29.6 Å². The number of aryl methyl sites for hydroxylation is 1. The van der Waals surface area contributed by atoms with Crippen molar-refractivity contribution < 1.29 is 9.21 Å². The number of carbonyl (C=O) groups is 1. The van der Waals surface area contributed by atoms with E-state index >= 15 is 0 Å². The van der Waals surface area contributed by atoms with Crippen molar-refractivity contribution in [3.8, 4) is 10.8 Å². The molecule has 0 aliphatic carbocycles. The molecule has 1 atom stereocenters. The fourth-order valence-corrected chi connectivity index (χ4v) is 3.81. The van der Waals surface area contributed by atoms with Gasteiger partial charge in [-0.3, -0.25) is 9.59 Å². The molecule has 0 saturated heterocycles. The zero-order chi connectivity index (χ0) is 21.1. The lowest BCUT2D eigenvalue weighted by atomic mass is 10.1. The third-order valence-electron chi connectivity index (χ3n) is 4.56. The minimum atomic E-state index is -0.566. The standard InChI is InChI=1S/C20H19N5O4S/c1-12(11-25-20(28)29-19(24-25)16-7-4-10-30-16)21-17(26)9-8-15-13-5-2-3-6-14(13)18(27)23-22-15/h2-7,10,12H,8-9,11H2,1H3,(H,21,26)(H,23,27)/t12-/m0/s1. The molecule has 0 radical (unpaired) electrons. The summed E-state index contributed by atoms with van der Waals surface area (Å²) in [6.07, 6.45) is 0.573. The Morgan fingerprint density at radius 2 is 2.03 bits per heavy atom. The molecule has 30 heavy (non-hydrogen) atoms. The predicted octanol–water partition coefficient (Wildman–Crippen LogP) is 1.94. The van der Waals surface area contributed by atoms with Crippen LogP contribution in [0, 0.1) is 0 Å². The van der Waals surface area contributed by atoms with Gasteiger partial charge in [0.05, 0.1) is 22.5 Å². The van der Waals surface area contributed by atoms with Crippen LogP contribution in [0.25, 0.3) is 21.5 Å². The van der Waals surface area contributed by atoms with Crippen LogP contribution >= 0.6 is 11.3 Å². The molecule has 0 bridgehead atoms. The first-order valence-corrected chi connectivity index (χ1v) is 10.3. The molecular weight excluding hydrogens is 406 g/mol. The SMILES string of the molecule is C[C@@H](Cn1nc(-c2cccs2)oc1=O)NC(=O)CCc1n[nH]c(=O)c2ccccc12. The summed E-state index contributed by atoms with van der Waals surface area (Å²) in [4.78, 5) is 37.0. The topological polar surface area (TPSA) is 123 Å². The van der Waals surface area contributed by atoms with Gasteiger partial charge in [-0.25, -0.2) is 9.89 Å². The van der Waals surface area contributed by atoms with Crippen LogP contribution < -0.4 is 16.6 Å². The molecule has 0 unspecified atom stereocenters. The smallest absolute Gasteiger partial charge is 0.387 e. The van der Waals surface area contributed by atoms with Crippen molar-refractivity contribution in [3.63, 3.8) is 0 Å². The van der Waals surface area contributed by atoms with E-state index in [1.165, 1.54) is 16.0 Å². The summed E-state index contributed by atoms with van der Waals surface area (Å²) in [6.45, 7) is 1.98. The molecule has 0 saturated carbocycles. The van der Waals surface area contributed by atoms with Crippen LogP contribution in [-0.4, -0.2) is 31.9 Å². The summed E-state index contributed by atoms with van der Waals surface area (Å²) >= 11 is 1.43. The monoisotopic (exact) mass is 425 g/mol. The maximum atomic E-state index is 12.4. The van der Waals surface area contributed by atoms with Crippen LogP contribution in [-0.2, 0) is 17.8 Å². The van der Waals surface area contributed by atoms with Crippen molar-refractivity contribution >= 4 is 28.0 Å². The van der Waals surface area contributed by atoms with Crippen LogP contribution in [0.1, 0.15) is 19.0 Å². The van der Waals surface area contributed by atoms with E-state index in [0.29, 0.717) is 17.5 Å². The Kier molecular flexibility index (Phi) is 5.57. The minimum Gasteiger partial charge on any atom is -0.387 e. The van der Waals surface area contributed by atoms with E-state index in [9.17, 15) is 14.4 Å². The van der Waals surface area contributed by atoms with E-state index in [2.05, 4.69) is 20.6 Å². The van der Waals surface area contributed by atoms with Gasteiger partial charge in [0.1, 0.15) is 0 Å². The van der Waals surface area contributed by atoms with Crippen molar-refractivity contribution in [3.05, 3.63) is 68.4 Å². The Morgan fingerprint density at radius 1 is 1.23 bits per heavy atom. The Balaban J connectivity index is 1.36. The molecule has 1 aromatic carbocycles. The summed E-state index contributed by atoms with van der Waals surface area (Å²) in [5.74, 6) is -0.484. The highest BCUT2D eigenvalue weighted by atomic mass is 32.1. The summed E-state index contributed by atoms with van der Waals surface area (Å²) < 4.78 is 6.38. The second-order valence-corrected chi connectivity index (χ2v) is 7.79. The number of nitrogens with zero attached hydrogens (tertiary/aromatic N) is 3. The van der Waals surface area contributed by atoms with Crippen molar-refractivity contribution in [1.82, 2.24) is 25.3 Å². The molecule has 0 aliphatic rings. The Bertz CT molecular complexity index is 1290. The molecular formula is C20H19N5O4S. The maximum absolute atomic E-state index is 12.4. The molecule has 0 aliphatic heterocycles. The second kappa shape index (κ2) is 8.46. The number of carbonyl (C=O) groups excluding carboxylic acids is 1. The van der Waals surface area contributed by atoms with Crippen LogP contribution in [0.15, 0.2) is 55.8 Å². The van der Waals surface area contributed by atoms with Crippen LogP contribution in [0.4, 0.5) is 0 Å². The number of thiophene rings is 1. The van der Waals surface area contributed by atoms with Crippen LogP contribution in [0.5, 0.6) is 0 Å². The predicted molar refractivity (Wildman–Crippen MR) is 112 cm³/mol. The van der Waals surface area contributed by atoms with Crippen molar-refractivity contribution in [2.75, 3.05) is 0 Å². The number of hydrogen-bond acceptors (Lipinski definition) is 7. The number of hydrogen-bond donors (Lipinski definition) is 2. The Morgan fingerprint density at radius 3 is 2.80 bits per heavy atom.